The van der Waals surface area contributed by atoms with Gasteiger partial charge < -0.3 is 5.32 Å². The maximum absolute atomic E-state index is 12.4. The maximum atomic E-state index is 12.4. The highest BCUT2D eigenvalue weighted by atomic mass is 32.2. The van der Waals surface area contributed by atoms with Crippen LogP contribution < -0.4 is 10.0 Å². The molecule has 9 heteroatoms. The van der Waals surface area contributed by atoms with Gasteiger partial charge in [-0.2, -0.15) is 5.10 Å². The third kappa shape index (κ3) is 3.55. The van der Waals surface area contributed by atoms with Crippen LogP contribution in [0.25, 0.3) is 0 Å². The monoisotopic (exact) mass is 325 g/mol. The molecule has 0 spiro atoms. The number of aromatic nitrogens is 3. The standard InChI is InChI=1S/C12H15N5O2S2/c1-8-11(6-10(20-8)7-14-9-2-3-9)21(18,19)17-12-13-4-5-15-16-12/h4-6,9,14H,2-3,7H2,1H3,(H,13,16,17). The second kappa shape index (κ2) is 5.66. The molecule has 21 heavy (non-hydrogen) atoms. The molecule has 7 nitrogen and oxygen atoms in total. The van der Waals surface area contributed by atoms with Gasteiger partial charge in [-0.05, 0) is 25.8 Å². The molecule has 2 aromatic rings. The van der Waals surface area contributed by atoms with Crippen molar-refractivity contribution in [3.8, 4) is 0 Å². The predicted octanol–water partition coefficient (Wildman–Crippen LogP) is 1.29. The fourth-order valence-corrected chi connectivity index (χ4v) is 4.41. The highest BCUT2D eigenvalue weighted by Gasteiger charge is 2.23. The van der Waals surface area contributed by atoms with E-state index in [1.165, 1.54) is 36.6 Å². The topological polar surface area (TPSA) is 96.9 Å². The molecule has 0 aromatic carbocycles. The van der Waals surface area contributed by atoms with E-state index in [0.29, 0.717) is 12.6 Å². The van der Waals surface area contributed by atoms with Gasteiger partial charge in [-0.15, -0.1) is 16.4 Å². The number of sulfonamides is 1. The average Bonchev–Trinajstić information content (AvgIpc) is 3.19. The van der Waals surface area contributed by atoms with Crippen LogP contribution in [0.2, 0.25) is 0 Å². The Kier molecular flexibility index (Phi) is 3.87. The van der Waals surface area contributed by atoms with E-state index in [2.05, 4.69) is 25.2 Å². The summed E-state index contributed by atoms with van der Waals surface area (Å²) in [5, 5.41) is 10.6. The smallest absolute Gasteiger partial charge is 0.265 e. The molecule has 1 saturated carbocycles. The normalized spacial score (nSPS) is 15.1. The van der Waals surface area contributed by atoms with Crippen LogP contribution in [0.3, 0.4) is 0 Å². The highest BCUT2D eigenvalue weighted by molar-refractivity contribution is 7.92. The summed E-state index contributed by atoms with van der Waals surface area (Å²) in [5.41, 5.74) is 0. The molecule has 0 amide bonds. The van der Waals surface area contributed by atoms with Crippen LogP contribution in [0.5, 0.6) is 0 Å². The first-order valence-electron chi connectivity index (χ1n) is 6.54. The van der Waals surface area contributed by atoms with Crippen molar-refractivity contribution in [3.05, 3.63) is 28.2 Å². The molecule has 0 radical (unpaired) electrons. The lowest BCUT2D eigenvalue weighted by atomic mass is 10.4. The summed E-state index contributed by atoms with van der Waals surface area (Å²) in [7, 11) is -3.68. The summed E-state index contributed by atoms with van der Waals surface area (Å²) in [6, 6.07) is 2.29. The Labute approximate surface area is 126 Å². The highest BCUT2D eigenvalue weighted by Crippen LogP contribution is 2.28. The number of hydrogen-bond donors (Lipinski definition) is 2. The molecule has 0 aliphatic heterocycles. The van der Waals surface area contributed by atoms with Crippen molar-refractivity contribution in [1.82, 2.24) is 20.5 Å². The number of anilines is 1. The Morgan fingerprint density at radius 2 is 2.19 bits per heavy atom. The Bertz CT molecular complexity index is 725. The minimum absolute atomic E-state index is 0.0271. The Balaban J connectivity index is 1.77. The number of hydrogen-bond acceptors (Lipinski definition) is 7. The van der Waals surface area contributed by atoms with Crippen LogP contribution in [-0.2, 0) is 16.6 Å². The van der Waals surface area contributed by atoms with Gasteiger partial charge in [0.1, 0.15) is 4.90 Å². The van der Waals surface area contributed by atoms with Crippen LogP contribution in [0, 0.1) is 6.92 Å². The first-order valence-corrected chi connectivity index (χ1v) is 8.84. The number of thiophene rings is 1. The van der Waals surface area contributed by atoms with Gasteiger partial charge in [-0.1, -0.05) is 0 Å². The fraction of sp³-hybridized carbons (Fsp3) is 0.417. The molecule has 0 atom stereocenters. The molecular weight excluding hydrogens is 310 g/mol. The first kappa shape index (κ1) is 14.4. The largest absolute Gasteiger partial charge is 0.309 e. The quantitative estimate of drug-likeness (QED) is 0.831. The van der Waals surface area contributed by atoms with Gasteiger partial charge in [0, 0.05) is 22.3 Å². The predicted molar refractivity (Wildman–Crippen MR) is 79.6 cm³/mol. The van der Waals surface area contributed by atoms with Crippen molar-refractivity contribution < 1.29 is 8.42 Å². The second-order valence-electron chi connectivity index (χ2n) is 4.86. The van der Waals surface area contributed by atoms with Crippen molar-refractivity contribution in [2.75, 3.05) is 4.72 Å². The lowest BCUT2D eigenvalue weighted by Gasteiger charge is -2.04. The van der Waals surface area contributed by atoms with Gasteiger partial charge >= 0.3 is 0 Å². The van der Waals surface area contributed by atoms with Crippen molar-refractivity contribution in [2.24, 2.45) is 0 Å². The zero-order chi connectivity index (χ0) is 14.9. The van der Waals surface area contributed by atoms with Crippen molar-refractivity contribution in [3.63, 3.8) is 0 Å². The molecular formula is C12H15N5O2S2. The molecule has 1 fully saturated rings. The Hall–Kier alpha value is -1.58. The molecule has 0 bridgehead atoms. The van der Waals surface area contributed by atoms with Gasteiger partial charge in [0.15, 0.2) is 0 Å². The summed E-state index contributed by atoms with van der Waals surface area (Å²) in [6.45, 7) is 2.50. The average molecular weight is 325 g/mol. The van der Waals surface area contributed by atoms with Gasteiger partial charge in [0.2, 0.25) is 0 Å². The van der Waals surface area contributed by atoms with E-state index in [1.807, 2.05) is 0 Å². The number of nitrogens with zero attached hydrogens (tertiary/aromatic N) is 3. The van der Waals surface area contributed by atoms with Crippen molar-refractivity contribution in [1.29, 1.82) is 0 Å². The number of rotatable bonds is 6. The molecule has 2 heterocycles. The molecule has 0 unspecified atom stereocenters. The van der Waals surface area contributed by atoms with Crippen LogP contribution >= 0.6 is 11.3 Å². The van der Waals surface area contributed by atoms with E-state index >= 15 is 0 Å². The first-order chi connectivity index (χ1) is 10.0. The van der Waals surface area contributed by atoms with E-state index in [4.69, 9.17) is 0 Å². The van der Waals surface area contributed by atoms with Crippen molar-refractivity contribution in [2.45, 2.75) is 37.2 Å². The zero-order valence-electron chi connectivity index (χ0n) is 11.4. The molecule has 1 aliphatic carbocycles. The summed E-state index contributed by atoms with van der Waals surface area (Å²) < 4.78 is 27.0. The second-order valence-corrected chi connectivity index (χ2v) is 7.85. The Morgan fingerprint density at radius 1 is 1.38 bits per heavy atom. The molecule has 0 saturated heterocycles. The van der Waals surface area contributed by atoms with Crippen LogP contribution in [0.15, 0.2) is 23.4 Å². The number of aryl methyl sites for hydroxylation is 1. The van der Waals surface area contributed by atoms with E-state index in [9.17, 15) is 8.42 Å². The van der Waals surface area contributed by atoms with E-state index in [1.54, 1.807) is 13.0 Å². The van der Waals surface area contributed by atoms with E-state index in [-0.39, 0.29) is 10.8 Å². The van der Waals surface area contributed by atoms with E-state index < -0.39 is 10.0 Å². The van der Waals surface area contributed by atoms with Crippen molar-refractivity contribution >= 4 is 27.3 Å². The molecule has 3 rings (SSSR count). The van der Waals surface area contributed by atoms with Gasteiger partial charge in [0.25, 0.3) is 16.0 Å². The third-order valence-corrected chi connectivity index (χ3v) is 5.70. The fourth-order valence-electron chi connectivity index (χ4n) is 1.88. The lowest BCUT2D eigenvalue weighted by Crippen LogP contribution is -2.16. The van der Waals surface area contributed by atoms with E-state index in [0.717, 1.165) is 9.75 Å². The lowest BCUT2D eigenvalue weighted by molar-refractivity contribution is 0.600. The number of nitrogens with one attached hydrogen (secondary N) is 2. The molecule has 2 N–H and O–H groups in total. The molecule has 2 aromatic heterocycles. The minimum atomic E-state index is -3.68. The van der Waals surface area contributed by atoms with Crippen LogP contribution in [-0.4, -0.2) is 29.6 Å². The molecule has 1 aliphatic rings. The summed E-state index contributed by atoms with van der Waals surface area (Å²) in [5.74, 6) is -0.0271. The van der Waals surface area contributed by atoms with Crippen LogP contribution in [0.4, 0.5) is 5.95 Å². The zero-order valence-corrected chi connectivity index (χ0v) is 13.0. The maximum Gasteiger partial charge on any atom is 0.265 e. The minimum Gasteiger partial charge on any atom is -0.309 e. The summed E-state index contributed by atoms with van der Waals surface area (Å²) in [4.78, 5) is 5.85. The van der Waals surface area contributed by atoms with Gasteiger partial charge in [-0.3, -0.25) is 0 Å². The third-order valence-electron chi connectivity index (χ3n) is 3.06. The Morgan fingerprint density at radius 3 is 2.86 bits per heavy atom. The summed E-state index contributed by atoms with van der Waals surface area (Å²) >= 11 is 1.48. The van der Waals surface area contributed by atoms with Gasteiger partial charge in [-0.25, -0.2) is 18.1 Å². The molecule has 112 valence electrons. The van der Waals surface area contributed by atoms with Crippen LogP contribution in [0.1, 0.15) is 22.6 Å². The van der Waals surface area contributed by atoms with Gasteiger partial charge in [0.05, 0.1) is 12.4 Å². The summed E-state index contributed by atoms with van der Waals surface area (Å²) in [6.07, 6.45) is 5.18. The SMILES string of the molecule is Cc1sc(CNC2CC2)cc1S(=O)(=O)Nc1nccnn1.